The number of carbonyl (C=O) groups excluding carboxylic acids is 1. The first-order chi connectivity index (χ1) is 8.68. The number of benzene rings is 1. The largest absolute Gasteiger partial charge is 0.490 e. The van der Waals surface area contributed by atoms with Crippen LogP contribution in [-0.2, 0) is 4.79 Å². The molecule has 0 unspecified atom stereocenters. The maximum atomic E-state index is 11.3. The summed E-state index contributed by atoms with van der Waals surface area (Å²) in [7, 11) is 0. The zero-order chi connectivity index (χ0) is 14.1. The van der Waals surface area contributed by atoms with Crippen molar-refractivity contribution in [1.82, 2.24) is 0 Å². The smallest absolute Gasteiger partial charge is 0.224 e. The second-order valence-electron chi connectivity index (χ2n) is 3.49. The van der Waals surface area contributed by atoms with E-state index in [0.29, 0.717) is 13.2 Å². The predicted octanol–water partition coefficient (Wildman–Crippen LogP) is 3.79. The topological polar surface area (TPSA) is 29.5 Å². The van der Waals surface area contributed by atoms with Gasteiger partial charge in [-0.15, -0.1) is 0 Å². The highest BCUT2D eigenvalue weighted by Crippen LogP contribution is 2.32. The van der Waals surface area contributed by atoms with Gasteiger partial charge >= 0.3 is 0 Å². The van der Waals surface area contributed by atoms with Gasteiger partial charge in [-0.3, -0.25) is 4.79 Å². The van der Waals surface area contributed by atoms with Gasteiger partial charge in [0.1, 0.15) is 12.4 Å². The average molecular weight is 251 g/mol. The number of carbonyl (C=O) groups is 1. The molecule has 18 heavy (non-hydrogen) atoms. The maximum Gasteiger partial charge on any atom is 0.224 e. The van der Waals surface area contributed by atoms with E-state index in [9.17, 15) is 4.79 Å². The van der Waals surface area contributed by atoms with Crippen molar-refractivity contribution in [3.05, 3.63) is 23.8 Å². The molecule has 0 fully saturated rings. The van der Waals surface area contributed by atoms with Gasteiger partial charge in [-0.25, -0.2) is 0 Å². The van der Waals surface area contributed by atoms with Crippen LogP contribution in [0.4, 0.5) is 5.69 Å². The van der Waals surface area contributed by atoms with Gasteiger partial charge in [-0.05, 0) is 24.6 Å². The monoisotopic (exact) mass is 251 g/mol. The van der Waals surface area contributed by atoms with E-state index in [1.54, 1.807) is 11.8 Å². The Morgan fingerprint density at radius 1 is 1.22 bits per heavy atom. The number of fused-ring (bicyclic) bond motifs is 1. The fourth-order valence-electron chi connectivity index (χ4n) is 1.65. The second-order valence-corrected chi connectivity index (χ2v) is 3.49. The number of hydrogen-bond acceptors (Lipinski definition) is 2. The van der Waals surface area contributed by atoms with Gasteiger partial charge in [-0.1, -0.05) is 33.8 Å². The van der Waals surface area contributed by atoms with Crippen LogP contribution in [0.3, 0.4) is 0 Å². The molecule has 2 rings (SSSR count). The number of aryl methyl sites for hydroxylation is 1. The van der Waals surface area contributed by atoms with E-state index in [-0.39, 0.29) is 5.91 Å². The minimum absolute atomic E-state index is 0.0696. The molecule has 0 saturated heterocycles. The van der Waals surface area contributed by atoms with Gasteiger partial charge in [0.2, 0.25) is 5.91 Å². The van der Waals surface area contributed by atoms with Gasteiger partial charge in [0.25, 0.3) is 0 Å². The maximum absolute atomic E-state index is 11.3. The summed E-state index contributed by atoms with van der Waals surface area (Å²) in [6.45, 7) is 12.8. The van der Waals surface area contributed by atoms with Gasteiger partial charge in [0.15, 0.2) is 0 Å². The molecule has 1 aliphatic heterocycles. The zero-order valence-electron chi connectivity index (χ0n) is 12.4. The van der Waals surface area contributed by atoms with Crippen LogP contribution in [0, 0.1) is 6.92 Å². The summed E-state index contributed by atoms with van der Waals surface area (Å²) >= 11 is 0. The van der Waals surface area contributed by atoms with Gasteiger partial charge < -0.3 is 9.64 Å². The normalized spacial score (nSPS) is 12.0. The first-order valence-corrected chi connectivity index (χ1v) is 6.70. The molecule has 0 bridgehead atoms. The average Bonchev–Trinajstić information content (AvgIpc) is 2.42. The Kier molecular flexibility index (Phi) is 7.84. The van der Waals surface area contributed by atoms with Crippen molar-refractivity contribution >= 4 is 11.6 Å². The lowest BCUT2D eigenvalue weighted by Crippen LogP contribution is -2.36. The molecule has 1 amide bonds. The summed E-state index contributed by atoms with van der Waals surface area (Å²) in [4.78, 5) is 13.1. The van der Waals surface area contributed by atoms with Crippen molar-refractivity contribution in [2.45, 2.75) is 41.5 Å². The second kappa shape index (κ2) is 8.56. The quantitative estimate of drug-likeness (QED) is 0.702. The predicted molar refractivity (Wildman–Crippen MR) is 77.4 cm³/mol. The van der Waals surface area contributed by atoms with Crippen molar-refractivity contribution in [3.63, 3.8) is 0 Å². The van der Waals surface area contributed by atoms with Gasteiger partial charge in [0, 0.05) is 6.92 Å². The number of amides is 1. The van der Waals surface area contributed by atoms with Crippen LogP contribution in [0.15, 0.2) is 18.2 Å². The molecular formula is C15H25NO2. The van der Waals surface area contributed by atoms with E-state index in [2.05, 4.69) is 0 Å². The molecule has 1 aromatic rings. The van der Waals surface area contributed by atoms with Crippen LogP contribution in [0.1, 0.15) is 40.2 Å². The zero-order valence-corrected chi connectivity index (χ0v) is 12.4. The number of ether oxygens (including phenoxy) is 1. The van der Waals surface area contributed by atoms with Crippen LogP contribution in [-0.4, -0.2) is 19.1 Å². The van der Waals surface area contributed by atoms with Crippen LogP contribution in [0.2, 0.25) is 0 Å². The molecule has 3 heteroatoms. The number of rotatable bonds is 0. The molecule has 0 aromatic heterocycles. The van der Waals surface area contributed by atoms with E-state index in [1.807, 2.05) is 52.8 Å². The standard InChI is InChI=1S/C11H13NO2.2C2H6/c1-8-3-4-11-10(7-8)12(9(2)13)5-6-14-11;2*1-2/h3-4,7H,5-6H2,1-2H3;2*1-2H3. The summed E-state index contributed by atoms with van der Waals surface area (Å²) < 4.78 is 5.46. The summed E-state index contributed by atoms with van der Waals surface area (Å²) in [6.07, 6.45) is 0. The van der Waals surface area contributed by atoms with E-state index >= 15 is 0 Å². The van der Waals surface area contributed by atoms with E-state index in [4.69, 9.17) is 4.74 Å². The Balaban J connectivity index is 0.000000659. The molecule has 102 valence electrons. The molecule has 3 nitrogen and oxygen atoms in total. The first-order valence-electron chi connectivity index (χ1n) is 6.70. The molecule has 1 aromatic carbocycles. The third kappa shape index (κ3) is 4.06. The summed E-state index contributed by atoms with van der Waals surface area (Å²) in [6, 6.07) is 5.89. The van der Waals surface area contributed by atoms with Crippen molar-refractivity contribution in [1.29, 1.82) is 0 Å². The Bertz CT molecular complexity index is 375. The van der Waals surface area contributed by atoms with Crippen LogP contribution < -0.4 is 9.64 Å². The molecular weight excluding hydrogens is 226 g/mol. The number of hydrogen-bond donors (Lipinski definition) is 0. The molecule has 1 heterocycles. The molecule has 0 spiro atoms. The Morgan fingerprint density at radius 3 is 2.39 bits per heavy atom. The van der Waals surface area contributed by atoms with Crippen molar-refractivity contribution < 1.29 is 9.53 Å². The molecule has 0 aliphatic carbocycles. The van der Waals surface area contributed by atoms with Gasteiger partial charge in [-0.2, -0.15) is 0 Å². The van der Waals surface area contributed by atoms with Crippen LogP contribution >= 0.6 is 0 Å². The number of nitrogens with zero attached hydrogens (tertiary/aromatic N) is 1. The molecule has 1 aliphatic rings. The van der Waals surface area contributed by atoms with Crippen molar-refractivity contribution in [2.24, 2.45) is 0 Å². The summed E-state index contributed by atoms with van der Waals surface area (Å²) in [5.74, 6) is 0.872. The summed E-state index contributed by atoms with van der Waals surface area (Å²) in [5, 5.41) is 0. The van der Waals surface area contributed by atoms with E-state index in [1.165, 1.54) is 0 Å². The van der Waals surface area contributed by atoms with Crippen molar-refractivity contribution in [3.8, 4) is 5.75 Å². The fraction of sp³-hybridized carbons (Fsp3) is 0.533. The minimum atomic E-state index is 0.0696. The molecule has 0 saturated carbocycles. The Hall–Kier alpha value is -1.51. The molecule has 0 N–H and O–H groups in total. The highest BCUT2D eigenvalue weighted by Gasteiger charge is 2.20. The fourth-order valence-corrected chi connectivity index (χ4v) is 1.65. The lowest BCUT2D eigenvalue weighted by atomic mass is 10.1. The number of anilines is 1. The molecule has 0 radical (unpaired) electrons. The highest BCUT2D eigenvalue weighted by atomic mass is 16.5. The Labute approximate surface area is 111 Å². The molecule has 0 atom stereocenters. The summed E-state index contributed by atoms with van der Waals surface area (Å²) in [5.41, 5.74) is 2.03. The third-order valence-electron chi connectivity index (χ3n) is 2.36. The van der Waals surface area contributed by atoms with Crippen molar-refractivity contribution in [2.75, 3.05) is 18.1 Å². The first kappa shape index (κ1) is 16.5. The van der Waals surface area contributed by atoms with Gasteiger partial charge in [0.05, 0.1) is 12.2 Å². The Morgan fingerprint density at radius 2 is 1.83 bits per heavy atom. The van der Waals surface area contributed by atoms with Crippen LogP contribution in [0.25, 0.3) is 0 Å². The van der Waals surface area contributed by atoms with Crippen LogP contribution in [0.5, 0.6) is 5.75 Å². The van der Waals surface area contributed by atoms with E-state index in [0.717, 1.165) is 17.0 Å². The SMILES string of the molecule is CC.CC.CC(=O)N1CCOc2ccc(C)cc21. The lowest BCUT2D eigenvalue weighted by Gasteiger charge is -2.28. The third-order valence-corrected chi connectivity index (χ3v) is 2.36. The van der Waals surface area contributed by atoms with E-state index < -0.39 is 0 Å². The highest BCUT2D eigenvalue weighted by molar-refractivity contribution is 5.93. The lowest BCUT2D eigenvalue weighted by molar-refractivity contribution is -0.116. The minimum Gasteiger partial charge on any atom is -0.490 e.